The average molecular weight is 277 g/mol. The fourth-order valence-electron chi connectivity index (χ4n) is 2.94. The Kier molecular flexibility index (Phi) is 4.00. The second-order valence-electron chi connectivity index (χ2n) is 5.95. The van der Waals surface area contributed by atoms with E-state index in [1.165, 1.54) is 6.42 Å². The van der Waals surface area contributed by atoms with E-state index in [1.54, 1.807) is 17.2 Å². The molecule has 6 nitrogen and oxygen atoms in total. The van der Waals surface area contributed by atoms with Crippen molar-refractivity contribution in [3.63, 3.8) is 0 Å². The van der Waals surface area contributed by atoms with Crippen LogP contribution in [0.5, 0.6) is 0 Å². The van der Waals surface area contributed by atoms with E-state index in [9.17, 15) is 4.79 Å². The van der Waals surface area contributed by atoms with E-state index in [4.69, 9.17) is 0 Å². The first-order valence-electron chi connectivity index (χ1n) is 7.57. The van der Waals surface area contributed by atoms with Gasteiger partial charge in [-0.1, -0.05) is 0 Å². The van der Waals surface area contributed by atoms with Crippen molar-refractivity contribution in [2.24, 2.45) is 5.92 Å². The van der Waals surface area contributed by atoms with Gasteiger partial charge in [-0.2, -0.15) is 15.0 Å². The lowest BCUT2D eigenvalue weighted by Gasteiger charge is -2.37. The monoisotopic (exact) mass is 277 g/mol. The second-order valence-corrected chi connectivity index (χ2v) is 5.95. The van der Waals surface area contributed by atoms with Crippen molar-refractivity contribution in [1.29, 1.82) is 0 Å². The number of aromatic nitrogens is 3. The Morgan fingerprint density at radius 2 is 2.00 bits per heavy atom. The van der Waals surface area contributed by atoms with E-state index in [0.29, 0.717) is 17.9 Å². The Hall–Kier alpha value is -1.43. The maximum absolute atomic E-state index is 12.1. The quantitative estimate of drug-likeness (QED) is 0.791. The number of nitrogens with zero attached hydrogens (tertiary/aromatic N) is 5. The Bertz CT molecular complexity index is 442. The van der Waals surface area contributed by atoms with Gasteiger partial charge in [0.05, 0.1) is 18.9 Å². The van der Waals surface area contributed by atoms with Crippen molar-refractivity contribution in [3.05, 3.63) is 12.4 Å². The molecule has 0 N–H and O–H groups in total. The zero-order chi connectivity index (χ0) is 13.9. The lowest BCUT2D eigenvalue weighted by atomic mass is 10.0. The Morgan fingerprint density at radius 3 is 2.70 bits per heavy atom. The van der Waals surface area contributed by atoms with Crippen LogP contribution in [0.2, 0.25) is 0 Å². The van der Waals surface area contributed by atoms with Crippen LogP contribution in [-0.2, 0) is 11.3 Å². The van der Waals surface area contributed by atoms with Crippen LogP contribution in [0.4, 0.5) is 0 Å². The third kappa shape index (κ3) is 3.17. The molecular weight excluding hydrogens is 254 g/mol. The molecule has 2 aliphatic rings. The van der Waals surface area contributed by atoms with E-state index < -0.39 is 0 Å². The normalized spacial score (nSPS) is 23.8. The molecule has 0 radical (unpaired) electrons. The summed E-state index contributed by atoms with van der Waals surface area (Å²) in [7, 11) is 1.98. The summed E-state index contributed by atoms with van der Waals surface area (Å²) < 4.78 is 0. The molecule has 20 heavy (non-hydrogen) atoms. The summed E-state index contributed by atoms with van der Waals surface area (Å²) in [6.07, 6.45) is 7.89. The fraction of sp³-hybridized carbons (Fsp3) is 0.786. The molecule has 1 saturated carbocycles. The number of likely N-dealkylation sites (N-methyl/N-ethyl adjacent to an activating group) is 1. The van der Waals surface area contributed by atoms with Crippen molar-refractivity contribution in [3.8, 4) is 0 Å². The van der Waals surface area contributed by atoms with Crippen LogP contribution in [0.25, 0.3) is 0 Å². The van der Waals surface area contributed by atoms with Gasteiger partial charge >= 0.3 is 0 Å². The minimum absolute atomic E-state index is 0.323. The van der Waals surface area contributed by atoms with Crippen molar-refractivity contribution < 1.29 is 4.79 Å². The lowest BCUT2D eigenvalue weighted by Crippen LogP contribution is -2.49. The molecule has 6 heteroatoms. The minimum Gasteiger partial charge on any atom is -0.341 e. The van der Waals surface area contributed by atoms with Crippen LogP contribution < -0.4 is 0 Å². The molecular formula is C14H23N5O. The molecule has 1 atom stereocenters. The van der Waals surface area contributed by atoms with Crippen LogP contribution in [0, 0.1) is 5.92 Å². The summed E-state index contributed by atoms with van der Waals surface area (Å²) in [4.78, 5) is 18.3. The van der Waals surface area contributed by atoms with Crippen LogP contribution >= 0.6 is 0 Å². The highest BCUT2D eigenvalue weighted by Crippen LogP contribution is 2.32. The first-order chi connectivity index (χ1) is 9.74. The molecule has 1 aliphatic carbocycles. The zero-order valence-corrected chi connectivity index (χ0v) is 12.1. The van der Waals surface area contributed by atoms with Gasteiger partial charge in [0.25, 0.3) is 0 Å². The van der Waals surface area contributed by atoms with Gasteiger partial charge in [-0.25, -0.2) is 0 Å². The topological polar surface area (TPSA) is 54.3 Å². The molecule has 1 saturated heterocycles. The van der Waals surface area contributed by atoms with E-state index in [-0.39, 0.29) is 0 Å². The van der Waals surface area contributed by atoms with Crippen molar-refractivity contribution in [1.82, 2.24) is 24.8 Å². The fourth-order valence-corrected chi connectivity index (χ4v) is 2.94. The predicted octanol–water partition coefficient (Wildman–Crippen LogP) is 0.611. The molecule has 2 fully saturated rings. The predicted molar refractivity (Wildman–Crippen MR) is 75.0 cm³/mol. The Labute approximate surface area is 119 Å². The maximum Gasteiger partial charge on any atom is 0.225 e. The number of piperidine rings is 1. The van der Waals surface area contributed by atoms with Gasteiger partial charge in [0.2, 0.25) is 5.91 Å². The Morgan fingerprint density at radius 1 is 1.25 bits per heavy atom. The van der Waals surface area contributed by atoms with Crippen LogP contribution in [0.15, 0.2) is 12.4 Å². The number of carbonyl (C=O) groups is 1. The zero-order valence-electron chi connectivity index (χ0n) is 12.1. The van der Waals surface area contributed by atoms with Gasteiger partial charge in [-0.3, -0.25) is 9.69 Å². The standard InChI is InChI=1S/C14H23N5O/c1-17(14(20)12-4-5-12)13-3-2-8-18(11-13)9-10-19-15-6-7-16-19/h6-7,12-13H,2-5,8-11H2,1H3. The molecule has 1 amide bonds. The average Bonchev–Trinajstić information content (AvgIpc) is 3.20. The lowest BCUT2D eigenvalue weighted by molar-refractivity contribution is -0.134. The molecule has 0 bridgehead atoms. The highest BCUT2D eigenvalue weighted by molar-refractivity contribution is 5.81. The molecule has 0 aromatic carbocycles. The summed E-state index contributed by atoms with van der Waals surface area (Å²) in [5.74, 6) is 0.675. The third-order valence-electron chi connectivity index (χ3n) is 4.39. The molecule has 110 valence electrons. The van der Waals surface area contributed by atoms with Crippen LogP contribution in [0.1, 0.15) is 25.7 Å². The smallest absolute Gasteiger partial charge is 0.225 e. The first kappa shape index (κ1) is 13.5. The highest BCUT2D eigenvalue weighted by Gasteiger charge is 2.35. The van der Waals surface area contributed by atoms with E-state index in [0.717, 1.165) is 45.4 Å². The summed E-state index contributed by atoms with van der Waals surface area (Å²) in [5, 5.41) is 8.26. The number of carbonyl (C=O) groups excluding carboxylic acids is 1. The van der Waals surface area contributed by atoms with Crippen molar-refractivity contribution in [2.75, 3.05) is 26.7 Å². The number of hydrogen-bond acceptors (Lipinski definition) is 4. The third-order valence-corrected chi connectivity index (χ3v) is 4.39. The van der Waals surface area contributed by atoms with E-state index >= 15 is 0 Å². The number of likely N-dealkylation sites (tertiary alicyclic amines) is 1. The molecule has 1 unspecified atom stereocenters. The SMILES string of the molecule is CN(C(=O)C1CC1)C1CCCN(CCn2nccn2)C1. The van der Waals surface area contributed by atoms with Gasteiger partial charge in [-0.05, 0) is 32.2 Å². The van der Waals surface area contributed by atoms with Gasteiger partial charge in [0.1, 0.15) is 0 Å². The van der Waals surface area contributed by atoms with Crippen molar-refractivity contribution in [2.45, 2.75) is 38.3 Å². The molecule has 2 heterocycles. The van der Waals surface area contributed by atoms with Gasteiger partial charge in [-0.15, -0.1) is 0 Å². The first-order valence-corrected chi connectivity index (χ1v) is 7.57. The van der Waals surface area contributed by atoms with E-state index in [1.807, 2.05) is 11.9 Å². The summed E-state index contributed by atoms with van der Waals surface area (Å²) in [6.45, 7) is 3.87. The molecule has 0 spiro atoms. The van der Waals surface area contributed by atoms with Crippen LogP contribution in [-0.4, -0.2) is 63.4 Å². The second kappa shape index (κ2) is 5.91. The maximum atomic E-state index is 12.1. The molecule has 1 aromatic heterocycles. The van der Waals surface area contributed by atoms with E-state index in [2.05, 4.69) is 15.1 Å². The van der Waals surface area contributed by atoms with Gasteiger partial charge < -0.3 is 4.90 Å². The van der Waals surface area contributed by atoms with Crippen LogP contribution in [0.3, 0.4) is 0 Å². The summed E-state index contributed by atoms with van der Waals surface area (Å²) in [6, 6.07) is 0.377. The molecule has 3 rings (SSSR count). The van der Waals surface area contributed by atoms with Crippen molar-refractivity contribution >= 4 is 5.91 Å². The van der Waals surface area contributed by atoms with Gasteiger partial charge in [0.15, 0.2) is 0 Å². The molecule has 1 aromatic rings. The number of amides is 1. The highest BCUT2D eigenvalue weighted by atomic mass is 16.2. The summed E-state index contributed by atoms with van der Waals surface area (Å²) in [5.41, 5.74) is 0. The Balaban J connectivity index is 1.49. The molecule has 1 aliphatic heterocycles. The minimum atomic E-state index is 0.323. The number of hydrogen-bond donors (Lipinski definition) is 0. The summed E-state index contributed by atoms with van der Waals surface area (Å²) >= 11 is 0. The van der Waals surface area contributed by atoms with Gasteiger partial charge in [0, 0.05) is 32.1 Å². The number of rotatable bonds is 5. The largest absolute Gasteiger partial charge is 0.341 e.